The maximum absolute atomic E-state index is 12.2. The molecule has 0 saturated heterocycles. The van der Waals surface area contributed by atoms with Crippen LogP contribution in [0, 0.1) is 0 Å². The summed E-state index contributed by atoms with van der Waals surface area (Å²) in [4.78, 5) is 16.3. The van der Waals surface area contributed by atoms with Gasteiger partial charge in [-0.3, -0.25) is 9.78 Å². The number of pyridine rings is 1. The van der Waals surface area contributed by atoms with Gasteiger partial charge in [-0.15, -0.1) is 0 Å². The van der Waals surface area contributed by atoms with Crippen molar-refractivity contribution in [2.75, 3.05) is 10.6 Å². The highest BCUT2D eigenvalue weighted by Crippen LogP contribution is 2.30. The van der Waals surface area contributed by atoms with Crippen molar-refractivity contribution < 1.29 is 4.79 Å². The van der Waals surface area contributed by atoms with Gasteiger partial charge < -0.3 is 10.6 Å². The predicted molar refractivity (Wildman–Crippen MR) is 85.3 cm³/mol. The SMILES string of the molecule is O=C(Nc1cccc(Cl)c1Cl)c1cc(NC2CC2)ccn1. The van der Waals surface area contributed by atoms with Gasteiger partial charge in [-0.2, -0.15) is 0 Å². The summed E-state index contributed by atoms with van der Waals surface area (Å²) < 4.78 is 0. The number of rotatable bonds is 4. The molecule has 2 aromatic rings. The first-order valence-electron chi connectivity index (χ1n) is 6.61. The summed E-state index contributed by atoms with van der Waals surface area (Å²) in [6.45, 7) is 0. The monoisotopic (exact) mass is 321 g/mol. The van der Waals surface area contributed by atoms with Crippen molar-refractivity contribution >= 4 is 40.5 Å². The number of nitrogens with zero attached hydrogens (tertiary/aromatic N) is 1. The highest BCUT2D eigenvalue weighted by molar-refractivity contribution is 6.44. The van der Waals surface area contributed by atoms with E-state index in [0.29, 0.717) is 27.5 Å². The maximum atomic E-state index is 12.2. The van der Waals surface area contributed by atoms with Crippen molar-refractivity contribution in [1.82, 2.24) is 4.98 Å². The van der Waals surface area contributed by atoms with Crippen LogP contribution in [0.4, 0.5) is 11.4 Å². The van der Waals surface area contributed by atoms with E-state index >= 15 is 0 Å². The number of carbonyl (C=O) groups excluding carboxylic acids is 1. The van der Waals surface area contributed by atoms with Crippen LogP contribution in [0.5, 0.6) is 0 Å². The van der Waals surface area contributed by atoms with Crippen LogP contribution in [-0.4, -0.2) is 16.9 Å². The highest BCUT2D eigenvalue weighted by Gasteiger charge is 2.21. The van der Waals surface area contributed by atoms with E-state index in [9.17, 15) is 4.79 Å². The van der Waals surface area contributed by atoms with Crippen LogP contribution in [0.1, 0.15) is 23.3 Å². The summed E-state index contributed by atoms with van der Waals surface area (Å²) in [5.41, 5.74) is 1.70. The topological polar surface area (TPSA) is 54.0 Å². The molecule has 1 fully saturated rings. The summed E-state index contributed by atoms with van der Waals surface area (Å²) in [5, 5.41) is 6.76. The number of hydrogen-bond acceptors (Lipinski definition) is 3. The van der Waals surface area contributed by atoms with Crippen LogP contribution in [-0.2, 0) is 0 Å². The lowest BCUT2D eigenvalue weighted by molar-refractivity contribution is 0.102. The lowest BCUT2D eigenvalue weighted by atomic mass is 10.2. The second kappa shape index (κ2) is 5.92. The van der Waals surface area contributed by atoms with Gasteiger partial charge in [0.2, 0.25) is 0 Å². The fraction of sp³-hybridized carbons (Fsp3) is 0.200. The molecule has 6 heteroatoms. The molecule has 3 rings (SSSR count). The van der Waals surface area contributed by atoms with Gasteiger partial charge in [-0.1, -0.05) is 29.3 Å². The second-order valence-corrected chi connectivity index (χ2v) is 5.69. The summed E-state index contributed by atoms with van der Waals surface area (Å²) in [7, 11) is 0. The first-order valence-corrected chi connectivity index (χ1v) is 7.37. The number of nitrogens with one attached hydrogen (secondary N) is 2. The number of benzene rings is 1. The molecular weight excluding hydrogens is 309 g/mol. The quantitative estimate of drug-likeness (QED) is 0.886. The van der Waals surface area contributed by atoms with E-state index in [1.54, 1.807) is 30.5 Å². The molecule has 0 unspecified atom stereocenters. The molecule has 0 atom stereocenters. The van der Waals surface area contributed by atoms with Crippen LogP contribution in [0.2, 0.25) is 10.0 Å². The third kappa shape index (κ3) is 3.46. The lowest BCUT2D eigenvalue weighted by Gasteiger charge is -2.09. The average molecular weight is 322 g/mol. The van der Waals surface area contributed by atoms with E-state index in [1.807, 2.05) is 6.07 Å². The Hall–Kier alpha value is -1.78. The van der Waals surface area contributed by atoms with Crippen LogP contribution in [0.15, 0.2) is 36.5 Å². The molecule has 0 spiro atoms. The minimum atomic E-state index is -0.321. The molecule has 0 bridgehead atoms. The van der Waals surface area contributed by atoms with Gasteiger partial charge in [0.25, 0.3) is 5.91 Å². The molecule has 1 amide bonds. The van der Waals surface area contributed by atoms with Crippen LogP contribution < -0.4 is 10.6 Å². The van der Waals surface area contributed by atoms with Crippen molar-refractivity contribution in [3.63, 3.8) is 0 Å². The van der Waals surface area contributed by atoms with Gasteiger partial charge >= 0.3 is 0 Å². The number of aromatic nitrogens is 1. The molecule has 2 N–H and O–H groups in total. The van der Waals surface area contributed by atoms with Crippen LogP contribution >= 0.6 is 23.2 Å². The van der Waals surface area contributed by atoms with E-state index in [4.69, 9.17) is 23.2 Å². The Bertz CT molecular complexity index is 686. The fourth-order valence-electron chi connectivity index (χ4n) is 1.89. The zero-order chi connectivity index (χ0) is 14.8. The minimum absolute atomic E-state index is 0.319. The van der Waals surface area contributed by atoms with Crippen LogP contribution in [0.3, 0.4) is 0 Å². The first kappa shape index (κ1) is 14.2. The number of carbonyl (C=O) groups is 1. The Kier molecular flexibility index (Phi) is 3.99. The molecule has 1 aliphatic carbocycles. The standard InChI is InChI=1S/C15H13Cl2N3O/c16-11-2-1-3-12(14(11)17)20-15(21)13-8-10(6-7-18-13)19-9-4-5-9/h1-3,6-9H,4-5H2,(H,18,19)(H,20,21). The normalized spacial score (nSPS) is 13.8. The minimum Gasteiger partial charge on any atom is -0.382 e. The summed E-state index contributed by atoms with van der Waals surface area (Å²) in [5.74, 6) is -0.321. The lowest BCUT2D eigenvalue weighted by Crippen LogP contribution is -2.14. The van der Waals surface area contributed by atoms with Crippen LogP contribution in [0.25, 0.3) is 0 Å². The Morgan fingerprint density at radius 3 is 2.81 bits per heavy atom. The van der Waals surface area contributed by atoms with E-state index < -0.39 is 0 Å². The first-order chi connectivity index (χ1) is 10.1. The number of amides is 1. The smallest absolute Gasteiger partial charge is 0.274 e. The highest BCUT2D eigenvalue weighted by atomic mass is 35.5. The van der Waals surface area contributed by atoms with Crippen molar-refractivity contribution in [2.24, 2.45) is 0 Å². The molecule has 1 aromatic heterocycles. The van der Waals surface area contributed by atoms with Crippen molar-refractivity contribution in [2.45, 2.75) is 18.9 Å². The van der Waals surface area contributed by atoms with Crippen molar-refractivity contribution in [3.8, 4) is 0 Å². The third-order valence-corrected chi connectivity index (χ3v) is 3.96. The van der Waals surface area contributed by atoms with Gasteiger partial charge in [0.1, 0.15) is 5.69 Å². The van der Waals surface area contributed by atoms with E-state index in [0.717, 1.165) is 5.69 Å². The predicted octanol–water partition coefficient (Wildman–Crippen LogP) is 4.22. The molecule has 1 heterocycles. The maximum Gasteiger partial charge on any atom is 0.274 e. The van der Waals surface area contributed by atoms with Gasteiger partial charge in [-0.25, -0.2) is 0 Å². The zero-order valence-corrected chi connectivity index (χ0v) is 12.6. The molecule has 1 saturated carbocycles. The van der Waals surface area contributed by atoms with E-state index in [2.05, 4.69) is 15.6 Å². The van der Waals surface area contributed by atoms with Gasteiger partial charge in [0, 0.05) is 17.9 Å². The number of hydrogen-bond donors (Lipinski definition) is 2. The zero-order valence-electron chi connectivity index (χ0n) is 11.1. The largest absolute Gasteiger partial charge is 0.382 e. The molecule has 1 aliphatic rings. The van der Waals surface area contributed by atoms with Crippen molar-refractivity contribution in [3.05, 3.63) is 52.3 Å². The van der Waals surface area contributed by atoms with Gasteiger partial charge in [0.05, 0.1) is 15.7 Å². The van der Waals surface area contributed by atoms with E-state index in [1.165, 1.54) is 12.8 Å². The van der Waals surface area contributed by atoms with E-state index in [-0.39, 0.29) is 5.91 Å². The molecule has 0 aliphatic heterocycles. The average Bonchev–Trinajstić information content (AvgIpc) is 3.28. The number of anilines is 2. The molecule has 1 aromatic carbocycles. The molecule has 0 radical (unpaired) electrons. The van der Waals surface area contributed by atoms with Gasteiger partial charge in [-0.05, 0) is 37.1 Å². The summed E-state index contributed by atoms with van der Waals surface area (Å²) in [6, 6.07) is 9.18. The summed E-state index contributed by atoms with van der Waals surface area (Å²) in [6.07, 6.45) is 3.95. The van der Waals surface area contributed by atoms with Gasteiger partial charge in [0.15, 0.2) is 0 Å². The second-order valence-electron chi connectivity index (χ2n) is 4.90. The Morgan fingerprint density at radius 1 is 1.24 bits per heavy atom. The molecule has 108 valence electrons. The Balaban J connectivity index is 1.76. The Morgan fingerprint density at radius 2 is 2.05 bits per heavy atom. The summed E-state index contributed by atoms with van der Waals surface area (Å²) >= 11 is 12.0. The Labute approximate surface area is 132 Å². The number of halogens is 2. The molecule has 21 heavy (non-hydrogen) atoms. The molecule has 4 nitrogen and oxygen atoms in total. The van der Waals surface area contributed by atoms with Crippen molar-refractivity contribution in [1.29, 1.82) is 0 Å². The third-order valence-electron chi connectivity index (χ3n) is 3.14. The fourth-order valence-corrected chi connectivity index (χ4v) is 2.24. The molecular formula is C15H13Cl2N3O.